The minimum absolute atomic E-state index is 0.0247. The summed E-state index contributed by atoms with van der Waals surface area (Å²) < 4.78 is 5.22. The molecule has 5 heteroatoms. The number of amides is 1. The van der Waals surface area contributed by atoms with Crippen molar-refractivity contribution >= 4 is 11.9 Å². The van der Waals surface area contributed by atoms with Crippen LogP contribution in [-0.2, 0) is 14.3 Å². The third-order valence-electron chi connectivity index (χ3n) is 2.43. The SMILES string of the molecule is CC(C)C1OCC(=O)N(C)C1C(=O)O. The van der Waals surface area contributed by atoms with Crippen LogP contribution >= 0.6 is 0 Å². The van der Waals surface area contributed by atoms with Crippen molar-refractivity contribution in [3.05, 3.63) is 0 Å². The van der Waals surface area contributed by atoms with Crippen LogP contribution in [0.1, 0.15) is 13.8 Å². The van der Waals surface area contributed by atoms with Crippen LogP contribution in [0.5, 0.6) is 0 Å². The first-order valence-electron chi connectivity index (χ1n) is 4.55. The number of carbonyl (C=O) groups excluding carboxylic acids is 1. The Balaban J connectivity index is 2.87. The molecule has 1 aliphatic heterocycles. The van der Waals surface area contributed by atoms with Gasteiger partial charge in [-0.25, -0.2) is 4.79 Å². The van der Waals surface area contributed by atoms with Crippen LogP contribution in [-0.4, -0.2) is 47.7 Å². The Morgan fingerprint density at radius 3 is 2.64 bits per heavy atom. The maximum absolute atomic E-state index is 11.2. The second-order valence-electron chi connectivity index (χ2n) is 3.81. The van der Waals surface area contributed by atoms with E-state index in [0.717, 1.165) is 0 Å². The fourth-order valence-corrected chi connectivity index (χ4v) is 1.60. The number of likely N-dealkylation sites (N-methyl/N-ethyl adjacent to an activating group) is 1. The van der Waals surface area contributed by atoms with E-state index in [1.807, 2.05) is 13.8 Å². The summed E-state index contributed by atoms with van der Waals surface area (Å²) in [5, 5.41) is 8.97. The number of hydrogen-bond acceptors (Lipinski definition) is 3. The summed E-state index contributed by atoms with van der Waals surface area (Å²) in [6.45, 7) is 3.73. The molecule has 0 aromatic carbocycles. The highest BCUT2D eigenvalue weighted by Gasteiger charge is 2.40. The van der Waals surface area contributed by atoms with Gasteiger partial charge in [0.2, 0.25) is 5.91 Å². The van der Waals surface area contributed by atoms with Gasteiger partial charge in [0.25, 0.3) is 0 Å². The summed E-state index contributed by atoms with van der Waals surface area (Å²) in [6.07, 6.45) is -0.421. The van der Waals surface area contributed by atoms with Gasteiger partial charge in [0, 0.05) is 7.05 Å². The lowest BCUT2D eigenvalue weighted by Crippen LogP contribution is -2.57. The van der Waals surface area contributed by atoms with Crippen molar-refractivity contribution in [2.24, 2.45) is 5.92 Å². The highest BCUT2D eigenvalue weighted by Crippen LogP contribution is 2.20. The van der Waals surface area contributed by atoms with Crippen LogP contribution in [0.15, 0.2) is 0 Å². The molecule has 1 saturated heterocycles. The minimum Gasteiger partial charge on any atom is -0.480 e. The van der Waals surface area contributed by atoms with Gasteiger partial charge in [0.1, 0.15) is 6.61 Å². The van der Waals surface area contributed by atoms with Gasteiger partial charge in [-0.05, 0) is 5.92 Å². The quantitative estimate of drug-likeness (QED) is 0.680. The first-order chi connectivity index (χ1) is 6.45. The summed E-state index contributed by atoms with van der Waals surface area (Å²) in [7, 11) is 1.50. The van der Waals surface area contributed by atoms with Crippen molar-refractivity contribution in [1.82, 2.24) is 4.90 Å². The monoisotopic (exact) mass is 201 g/mol. The molecule has 14 heavy (non-hydrogen) atoms. The molecule has 80 valence electrons. The van der Waals surface area contributed by atoms with E-state index in [2.05, 4.69) is 0 Å². The number of carboxylic acid groups (broad SMARTS) is 1. The van der Waals surface area contributed by atoms with Crippen molar-refractivity contribution in [2.75, 3.05) is 13.7 Å². The third-order valence-corrected chi connectivity index (χ3v) is 2.43. The van der Waals surface area contributed by atoms with Gasteiger partial charge in [0.15, 0.2) is 6.04 Å². The molecular weight excluding hydrogens is 186 g/mol. The standard InChI is InChI=1S/C9H15NO4/c1-5(2)8-7(9(12)13)10(3)6(11)4-14-8/h5,7-8H,4H2,1-3H3,(H,12,13). The molecule has 0 radical (unpaired) electrons. The average Bonchev–Trinajstić information content (AvgIpc) is 2.08. The van der Waals surface area contributed by atoms with Crippen molar-refractivity contribution in [3.8, 4) is 0 Å². The van der Waals surface area contributed by atoms with Crippen LogP contribution < -0.4 is 0 Å². The van der Waals surface area contributed by atoms with E-state index in [0.29, 0.717) is 0 Å². The predicted molar refractivity (Wildman–Crippen MR) is 48.8 cm³/mol. The molecule has 0 bridgehead atoms. The van der Waals surface area contributed by atoms with Crippen molar-refractivity contribution in [1.29, 1.82) is 0 Å². The highest BCUT2D eigenvalue weighted by atomic mass is 16.5. The zero-order valence-corrected chi connectivity index (χ0v) is 8.56. The number of morpholine rings is 1. The van der Waals surface area contributed by atoms with Gasteiger partial charge in [-0.2, -0.15) is 0 Å². The molecule has 1 aliphatic rings. The Morgan fingerprint density at radius 1 is 1.64 bits per heavy atom. The van der Waals surface area contributed by atoms with E-state index in [1.54, 1.807) is 0 Å². The third kappa shape index (κ3) is 1.87. The smallest absolute Gasteiger partial charge is 0.329 e. The summed E-state index contributed by atoms with van der Waals surface area (Å²) in [6, 6.07) is -0.865. The maximum Gasteiger partial charge on any atom is 0.329 e. The van der Waals surface area contributed by atoms with E-state index >= 15 is 0 Å². The number of carbonyl (C=O) groups is 2. The van der Waals surface area contributed by atoms with E-state index < -0.39 is 18.1 Å². The molecule has 1 N–H and O–H groups in total. The Kier molecular flexibility index (Phi) is 3.10. The van der Waals surface area contributed by atoms with Gasteiger partial charge in [-0.15, -0.1) is 0 Å². The van der Waals surface area contributed by atoms with E-state index in [9.17, 15) is 9.59 Å². The molecule has 5 nitrogen and oxygen atoms in total. The van der Waals surface area contributed by atoms with Gasteiger partial charge < -0.3 is 14.7 Å². The molecule has 0 aliphatic carbocycles. The lowest BCUT2D eigenvalue weighted by molar-refractivity contribution is -0.172. The van der Waals surface area contributed by atoms with E-state index in [-0.39, 0.29) is 18.4 Å². The van der Waals surface area contributed by atoms with Crippen LogP contribution in [0, 0.1) is 5.92 Å². The summed E-state index contributed by atoms with van der Waals surface area (Å²) in [5.74, 6) is -1.22. The van der Waals surface area contributed by atoms with Crippen LogP contribution in [0.25, 0.3) is 0 Å². The fraction of sp³-hybridized carbons (Fsp3) is 0.778. The number of ether oxygens (including phenoxy) is 1. The number of hydrogen-bond donors (Lipinski definition) is 1. The lowest BCUT2D eigenvalue weighted by atomic mass is 9.97. The van der Waals surface area contributed by atoms with Crippen molar-refractivity contribution in [2.45, 2.75) is 26.0 Å². The number of rotatable bonds is 2. The minimum atomic E-state index is -1.01. The van der Waals surface area contributed by atoms with Crippen molar-refractivity contribution < 1.29 is 19.4 Å². The molecule has 0 saturated carbocycles. The van der Waals surface area contributed by atoms with E-state index in [1.165, 1.54) is 11.9 Å². The average molecular weight is 201 g/mol. The lowest BCUT2D eigenvalue weighted by Gasteiger charge is -2.38. The second kappa shape index (κ2) is 3.96. The molecule has 0 aromatic heterocycles. The summed E-state index contributed by atoms with van der Waals surface area (Å²) >= 11 is 0. The topological polar surface area (TPSA) is 66.8 Å². The number of nitrogens with zero attached hydrogens (tertiary/aromatic N) is 1. The molecule has 0 aromatic rings. The predicted octanol–water partition coefficient (Wildman–Crippen LogP) is -0.0472. The first-order valence-corrected chi connectivity index (χ1v) is 4.55. The number of carboxylic acids is 1. The van der Waals surface area contributed by atoms with Crippen LogP contribution in [0.3, 0.4) is 0 Å². The first kappa shape index (κ1) is 11.0. The molecular formula is C9H15NO4. The van der Waals surface area contributed by atoms with Gasteiger partial charge in [-0.3, -0.25) is 4.79 Å². The largest absolute Gasteiger partial charge is 0.480 e. The Hall–Kier alpha value is -1.10. The van der Waals surface area contributed by atoms with Crippen molar-refractivity contribution in [3.63, 3.8) is 0 Å². The molecule has 1 rings (SSSR count). The molecule has 1 heterocycles. The summed E-state index contributed by atoms with van der Waals surface area (Å²) in [5.41, 5.74) is 0. The second-order valence-corrected chi connectivity index (χ2v) is 3.81. The van der Waals surface area contributed by atoms with Gasteiger partial charge in [-0.1, -0.05) is 13.8 Å². The Morgan fingerprint density at radius 2 is 2.21 bits per heavy atom. The molecule has 0 spiro atoms. The van der Waals surface area contributed by atoms with E-state index in [4.69, 9.17) is 9.84 Å². The zero-order chi connectivity index (χ0) is 10.9. The molecule has 1 amide bonds. The highest BCUT2D eigenvalue weighted by molar-refractivity contribution is 5.85. The molecule has 2 unspecified atom stereocenters. The normalized spacial score (nSPS) is 28.3. The summed E-state index contributed by atoms with van der Waals surface area (Å²) in [4.78, 5) is 23.4. The molecule has 2 atom stereocenters. The molecule has 1 fully saturated rings. The Bertz CT molecular complexity index is 251. The van der Waals surface area contributed by atoms with Crippen LogP contribution in [0.4, 0.5) is 0 Å². The zero-order valence-electron chi connectivity index (χ0n) is 8.56. The maximum atomic E-state index is 11.2. The number of aliphatic carboxylic acids is 1. The van der Waals surface area contributed by atoms with Gasteiger partial charge >= 0.3 is 5.97 Å². The van der Waals surface area contributed by atoms with Crippen LogP contribution in [0.2, 0.25) is 0 Å². The van der Waals surface area contributed by atoms with Gasteiger partial charge in [0.05, 0.1) is 6.10 Å². The Labute approximate surface area is 82.6 Å². The fourth-order valence-electron chi connectivity index (χ4n) is 1.60.